The summed E-state index contributed by atoms with van der Waals surface area (Å²) < 4.78 is 13.5. The molecule has 2 aromatic rings. The van der Waals surface area contributed by atoms with Crippen molar-refractivity contribution in [2.24, 2.45) is 0 Å². The van der Waals surface area contributed by atoms with Gasteiger partial charge >= 0.3 is 0 Å². The van der Waals surface area contributed by atoms with E-state index in [1.165, 1.54) is 17.8 Å². The Morgan fingerprint density at radius 1 is 1.38 bits per heavy atom. The lowest BCUT2D eigenvalue weighted by Crippen LogP contribution is -2.23. The van der Waals surface area contributed by atoms with Gasteiger partial charge in [-0.3, -0.25) is 4.79 Å². The summed E-state index contributed by atoms with van der Waals surface area (Å²) in [7, 11) is 0. The summed E-state index contributed by atoms with van der Waals surface area (Å²) in [6.07, 6.45) is 9.55. The Hall–Kier alpha value is -2.87. The van der Waals surface area contributed by atoms with Gasteiger partial charge in [-0.25, -0.2) is 9.37 Å². The molecule has 1 aliphatic carbocycles. The van der Waals surface area contributed by atoms with Crippen LogP contribution in [0.25, 0.3) is 0 Å². The number of amides is 1. The van der Waals surface area contributed by atoms with Crippen molar-refractivity contribution in [1.29, 1.82) is 0 Å². The molecule has 0 spiro atoms. The number of pyridine rings is 1. The standard InChI is InChI=1S/C19H18FN3O/c1-2-10-21-19(24)14-7-9-18(22-12-14)23-17-5-3-4-13-6-8-15(20)11-16(13)17/h1,6-9,11-12,17H,3-5,10H2,(H,21,24)(H,22,23). The van der Waals surface area contributed by atoms with Crippen molar-refractivity contribution in [2.45, 2.75) is 25.3 Å². The molecule has 0 saturated carbocycles. The van der Waals surface area contributed by atoms with Gasteiger partial charge in [0.2, 0.25) is 0 Å². The monoisotopic (exact) mass is 323 g/mol. The van der Waals surface area contributed by atoms with Crippen molar-refractivity contribution >= 4 is 11.7 Å². The normalized spacial score (nSPS) is 15.9. The van der Waals surface area contributed by atoms with Crippen LogP contribution < -0.4 is 10.6 Å². The van der Waals surface area contributed by atoms with Crippen LogP contribution in [0.3, 0.4) is 0 Å². The summed E-state index contributed by atoms with van der Waals surface area (Å²) in [5.74, 6) is 2.53. The fourth-order valence-electron chi connectivity index (χ4n) is 2.95. The molecule has 24 heavy (non-hydrogen) atoms. The Morgan fingerprint density at radius 2 is 2.25 bits per heavy atom. The van der Waals surface area contributed by atoms with Gasteiger partial charge in [-0.05, 0) is 54.7 Å². The third-order valence-electron chi connectivity index (χ3n) is 4.12. The smallest absolute Gasteiger partial charge is 0.253 e. The van der Waals surface area contributed by atoms with Gasteiger partial charge < -0.3 is 10.6 Å². The minimum atomic E-state index is -0.253. The number of aryl methyl sites for hydroxylation is 1. The zero-order valence-corrected chi connectivity index (χ0v) is 13.2. The van der Waals surface area contributed by atoms with Crippen molar-refractivity contribution in [1.82, 2.24) is 10.3 Å². The van der Waals surface area contributed by atoms with Crippen LogP contribution >= 0.6 is 0 Å². The molecule has 4 nitrogen and oxygen atoms in total. The highest BCUT2D eigenvalue weighted by molar-refractivity contribution is 5.94. The first-order chi connectivity index (χ1) is 11.7. The zero-order chi connectivity index (χ0) is 16.9. The number of aromatic nitrogens is 1. The molecular formula is C19H18FN3O. The van der Waals surface area contributed by atoms with Crippen LogP contribution in [0.4, 0.5) is 10.2 Å². The second-order valence-corrected chi connectivity index (χ2v) is 5.75. The van der Waals surface area contributed by atoms with Gasteiger partial charge in [0, 0.05) is 6.20 Å². The Morgan fingerprint density at radius 3 is 3.00 bits per heavy atom. The Labute approximate surface area is 140 Å². The highest BCUT2D eigenvalue weighted by Crippen LogP contribution is 2.32. The SMILES string of the molecule is C#CCNC(=O)c1ccc(NC2CCCc3ccc(F)cc32)nc1. The average molecular weight is 323 g/mol. The summed E-state index contributed by atoms with van der Waals surface area (Å²) in [5.41, 5.74) is 2.61. The number of carbonyl (C=O) groups excluding carboxylic acids is 1. The number of terminal acetylenes is 1. The quantitative estimate of drug-likeness (QED) is 0.850. The van der Waals surface area contributed by atoms with E-state index in [4.69, 9.17) is 6.42 Å². The van der Waals surface area contributed by atoms with E-state index < -0.39 is 0 Å². The highest BCUT2D eigenvalue weighted by atomic mass is 19.1. The first-order valence-electron chi connectivity index (χ1n) is 7.90. The van der Waals surface area contributed by atoms with Crippen molar-refractivity contribution in [3.8, 4) is 12.3 Å². The number of halogens is 1. The zero-order valence-electron chi connectivity index (χ0n) is 13.2. The molecule has 1 aromatic carbocycles. The van der Waals surface area contributed by atoms with Crippen molar-refractivity contribution in [2.75, 3.05) is 11.9 Å². The number of benzene rings is 1. The van der Waals surface area contributed by atoms with E-state index in [0.717, 1.165) is 24.8 Å². The number of nitrogens with zero attached hydrogens (tertiary/aromatic N) is 1. The third-order valence-corrected chi connectivity index (χ3v) is 4.12. The summed E-state index contributed by atoms with van der Waals surface area (Å²) in [6, 6.07) is 8.41. The maximum atomic E-state index is 13.5. The molecule has 1 unspecified atom stereocenters. The van der Waals surface area contributed by atoms with E-state index >= 15 is 0 Å². The number of rotatable bonds is 4. The molecule has 2 N–H and O–H groups in total. The average Bonchev–Trinajstić information content (AvgIpc) is 2.61. The van der Waals surface area contributed by atoms with Crippen LogP contribution in [0.1, 0.15) is 40.4 Å². The molecule has 0 bridgehead atoms. The molecule has 122 valence electrons. The Balaban J connectivity index is 1.73. The molecular weight excluding hydrogens is 305 g/mol. The number of anilines is 1. The van der Waals surface area contributed by atoms with Crippen LogP contribution in [0.15, 0.2) is 36.5 Å². The number of carbonyl (C=O) groups is 1. The minimum Gasteiger partial charge on any atom is -0.363 e. The van der Waals surface area contributed by atoms with Gasteiger partial charge in [-0.15, -0.1) is 6.42 Å². The number of hydrogen-bond acceptors (Lipinski definition) is 3. The van der Waals surface area contributed by atoms with Crippen LogP contribution in [0.5, 0.6) is 0 Å². The van der Waals surface area contributed by atoms with E-state index in [1.807, 2.05) is 6.07 Å². The van der Waals surface area contributed by atoms with Gasteiger partial charge in [0.05, 0.1) is 18.2 Å². The maximum absolute atomic E-state index is 13.5. The Kier molecular flexibility index (Phi) is 4.76. The first kappa shape index (κ1) is 16.0. The van der Waals surface area contributed by atoms with Gasteiger partial charge in [0.25, 0.3) is 5.91 Å². The van der Waals surface area contributed by atoms with E-state index in [-0.39, 0.29) is 24.3 Å². The summed E-state index contributed by atoms with van der Waals surface area (Å²) in [4.78, 5) is 16.1. The number of nitrogens with one attached hydrogen (secondary N) is 2. The topological polar surface area (TPSA) is 54.0 Å². The fraction of sp³-hybridized carbons (Fsp3) is 0.263. The first-order valence-corrected chi connectivity index (χ1v) is 7.90. The van der Waals surface area contributed by atoms with Crippen molar-refractivity contribution in [3.05, 3.63) is 59.0 Å². The van der Waals surface area contributed by atoms with Gasteiger partial charge in [-0.2, -0.15) is 0 Å². The van der Waals surface area contributed by atoms with Gasteiger partial charge in [-0.1, -0.05) is 12.0 Å². The molecule has 1 aliphatic rings. The van der Waals surface area contributed by atoms with Gasteiger partial charge in [0.15, 0.2) is 0 Å². The van der Waals surface area contributed by atoms with Crippen LogP contribution in [0, 0.1) is 18.2 Å². The third kappa shape index (κ3) is 3.54. The van der Waals surface area contributed by atoms with Crippen LogP contribution in [-0.2, 0) is 6.42 Å². The minimum absolute atomic E-state index is 0.0260. The molecule has 0 fully saturated rings. The molecule has 1 aromatic heterocycles. The summed E-state index contributed by atoms with van der Waals surface area (Å²) in [5, 5.41) is 5.92. The second-order valence-electron chi connectivity index (χ2n) is 5.75. The van der Waals surface area contributed by atoms with Gasteiger partial charge in [0.1, 0.15) is 11.6 Å². The molecule has 1 atom stereocenters. The number of hydrogen-bond donors (Lipinski definition) is 2. The largest absolute Gasteiger partial charge is 0.363 e. The van der Waals surface area contributed by atoms with Crippen molar-refractivity contribution < 1.29 is 9.18 Å². The van der Waals surface area contributed by atoms with E-state index in [2.05, 4.69) is 21.5 Å². The predicted octanol–water partition coefficient (Wildman–Crippen LogP) is 3.07. The molecule has 0 aliphatic heterocycles. The lowest BCUT2D eigenvalue weighted by atomic mass is 9.87. The summed E-state index contributed by atoms with van der Waals surface area (Å²) in [6.45, 7) is 0.184. The van der Waals surface area contributed by atoms with E-state index in [9.17, 15) is 9.18 Å². The highest BCUT2D eigenvalue weighted by Gasteiger charge is 2.21. The molecule has 0 saturated heterocycles. The molecule has 1 amide bonds. The lowest BCUT2D eigenvalue weighted by Gasteiger charge is -2.27. The summed E-state index contributed by atoms with van der Waals surface area (Å²) >= 11 is 0. The maximum Gasteiger partial charge on any atom is 0.253 e. The molecule has 5 heteroatoms. The van der Waals surface area contributed by atoms with Crippen LogP contribution in [0.2, 0.25) is 0 Å². The predicted molar refractivity (Wildman–Crippen MR) is 91.1 cm³/mol. The van der Waals surface area contributed by atoms with E-state index in [0.29, 0.717) is 11.4 Å². The lowest BCUT2D eigenvalue weighted by molar-refractivity contribution is 0.0958. The number of fused-ring (bicyclic) bond motifs is 1. The second kappa shape index (κ2) is 7.14. The van der Waals surface area contributed by atoms with Crippen molar-refractivity contribution in [3.63, 3.8) is 0 Å². The van der Waals surface area contributed by atoms with Crippen LogP contribution in [-0.4, -0.2) is 17.4 Å². The molecule has 0 radical (unpaired) electrons. The fourth-order valence-corrected chi connectivity index (χ4v) is 2.95. The van der Waals surface area contributed by atoms with E-state index in [1.54, 1.807) is 18.2 Å². The Bertz CT molecular complexity index is 780. The molecule has 3 rings (SSSR count). The molecule has 1 heterocycles.